The van der Waals surface area contributed by atoms with Crippen molar-refractivity contribution in [1.82, 2.24) is 0 Å². The molecule has 132 valence electrons. The molecule has 0 aliphatic heterocycles. The zero-order valence-corrected chi connectivity index (χ0v) is 16.4. The Labute approximate surface area is 143 Å². The average Bonchev–Trinajstić information content (AvgIpc) is 2.51. The van der Waals surface area contributed by atoms with E-state index in [0.29, 0.717) is 5.92 Å². The highest BCUT2D eigenvalue weighted by Crippen LogP contribution is 2.38. The molecule has 0 radical (unpaired) electrons. The van der Waals surface area contributed by atoms with Crippen LogP contribution in [0, 0.1) is 5.41 Å². The fourth-order valence-corrected chi connectivity index (χ4v) is 2.45. The lowest BCUT2D eigenvalue weighted by Gasteiger charge is -2.43. The zero-order chi connectivity index (χ0) is 17.7. The third kappa shape index (κ3) is 5.24. The second kappa shape index (κ2) is 8.19. The lowest BCUT2D eigenvalue weighted by Crippen LogP contribution is -2.50. The van der Waals surface area contributed by atoms with Crippen LogP contribution < -0.4 is 4.74 Å². The maximum absolute atomic E-state index is 6.38. The molecular weight excluding hydrogens is 284 g/mol. The van der Waals surface area contributed by atoms with Crippen molar-refractivity contribution < 1.29 is 9.47 Å². The molecule has 0 N–H and O–H groups in total. The quantitative estimate of drug-likeness (QED) is 0.506. The monoisotopic (exact) mass is 320 g/mol. The van der Waals surface area contributed by atoms with Crippen molar-refractivity contribution >= 4 is 0 Å². The molecule has 1 aromatic rings. The van der Waals surface area contributed by atoms with E-state index in [-0.39, 0.29) is 11.5 Å². The number of ether oxygens (including phenoxy) is 2. The summed E-state index contributed by atoms with van der Waals surface area (Å²) in [6, 6.07) is 8.48. The van der Waals surface area contributed by atoms with Crippen molar-refractivity contribution in [3.8, 4) is 5.75 Å². The van der Waals surface area contributed by atoms with Crippen LogP contribution in [0.2, 0.25) is 0 Å². The van der Waals surface area contributed by atoms with Crippen molar-refractivity contribution in [2.24, 2.45) is 5.41 Å². The molecule has 0 amide bonds. The SMILES string of the molecule is CCC(CC)OC(C)(Oc1ccc(C(C)CC)cc1)C(C)(C)C. The lowest BCUT2D eigenvalue weighted by molar-refractivity contribution is -0.254. The first-order chi connectivity index (χ1) is 10.7. The molecule has 2 nitrogen and oxygen atoms in total. The van der Waals surface area contributed by atoms with Crippen molar-refractivity contribution in [3.05, 3.63) is 29.8 Å². The zero-order valence-electron chi connectivity index (χ0n) is 16.4. The molecule has 1 aromatic carbocycles. The maximum atomic E-state index is 6.38. The van der Waals surface area contributed by atoms with Gasteiger partial charge in [0.25, 0.3) is 0 Å². The first-order valence-electron chi connectivity index (χ1n) is 9.13. The standard InChI is InChI=1S/C21H36O2/c1-9-16(4)17-12-14-19(15-13-17)23-21(8,20(5,6)7)22-18(10-2)11-3/h12-16,18H,9-11H2,1-8H3. The Balaban J connectivity index is 2.97. The fraction of sp³-hybridized carbons (Fsp3) is 0.714. The summed E-state index contributed by atoms with van der Waals surface area (Å²) in [7, 11) is 0. The molecule has 0 spiro atoms. The minimum atomic E-state index is -0.651. The summed E-state index contributed by atoms with van der Waals surface area (Å²) in [5, 5.41) is 0. The molecule has 0 heterocycles. The van der Waals surface area contributed by atoms with E-state index in [1.807, 2.05) is 0 Å². The van der Waals surface area contributed by atoms with E-state index in [1.165, 1.54) is 5.56 Å². The van der Waals surface area contributed by atoms with E-state index in [4.69, 9.17) is 9.47 Å². The summed E-state index contributed by atoms with van der Waals surface area (Å²) >= 11 is 0. The summed E-state index contributed by atoms with van der Waals surface area (Å²) < 4.78 is 12.7. The van der Waals surface area contributed by atoms with Crippen LogP contribution in [-0.2, 0) is 4.74 Å². The second-order valence-electron chi connectivity index (χ2n) is 7.73. The van der Waals surface area contributed by atoms with Gasteiger partial charge in [-0.05, 0) is 42.9 Å². The van der Waals surface area contributed by atoms with Crippen molar-refractivity contribution in [2.45, 2.75) is 92.5 Å². The fourth-order valence-electron chi connectivity index (χ4n) is 2.45. The van der Waals surface area contributed by atoms with Gasteiger partial charge in [-0.25, -0.2) is 0 Å². The van der Waals surface area contributed by atoms with E-state index in [0.717, 1.165) is 25.0 Å². The van der Waals surface area contributed by atoms with E-state index in [9.17, 15) is 0 Å². The van der Waals surface area contributed by atoms with Gasteiger partial charge in [0.15, 0.2) is 0 Å². The van der Waals surface area contributed by atoms with Gasteiger partial charge < -0.3 is 9.47 Å². The summed E-state index contributed by atoms with van der Waals surface area (Å²) in [4.78, 5) is 0. The number of hydrogen-bond donors (Lipinski definition) is 0. The van der Waals surface area contributed by atoms with Gasteiger partial charge >= 0.3 is 0 Å². The predicted molar refractivity (Wildman–Crippen MR) is 99.1 cm³/mol. The van der Waals surface area contributed by atoms with Gasteiger partial charge in [-0.2, -0.15) is 0 Å². The van der Waals surface area contributed by atoms with Crippen molar-refractivity contribution in [2.75, 3.05) is 0 Å². The number of hydrogen-bond acceptors (Lipinski definition) is 2. The van der Waals surface area contributed by atoms with Crippen LogP contribution in [0.5, 0.6) is 5.75 Å². The first kappa shape index (κ1) is 20.0. The maximum Gasteiger partial charge on any atom is 0.212 e. The van der Waals surface area contributed by atoms with Crippen LogP contribution in [-0.4, -0.2) is 11.9 Å². The Kier molecular flexibility index (Phi) is 7.13. The van der Waals surface area contributed by atoms with Gasteiger partial charge in [0.05, 0.1) is 6.10 Å². The third-order valence-corrected chi connectivity index (χ3v) is 5.04. The van der Waals surface area contributed by atoms with Gasteiger partial charge in [-0.15, -0.1) is 0 Å². The van der Waals surface area contributed by atoms with Gasteiger partial charge in [0.2, 0.25) is 5.79 Å². The molecular formula is C21H36O2. The van der Waals surface area contributed by atoms with Gasteiger partial charge in [0.1, 0.15) is 5.75 Å². The summed E-state index contributed by atoms with van der Waals surface area (Å²) in [5.74, 6) is 0.806. The smallest absolute Gasteiger partial charge is 0.212 e. The Morgan fingerprint density at radius 2 is 1.39 bits per heavy atom. The highest BCUT2D eigenvalue weighted by Gasteiger charge is 2.42. The van der Waals surface area contributed by atoms with E-state index >= 15 is 0 Å². The van der Waals surface area contributed by atoms with Crippen LogP contribution in [0.1, 0.15) is 86.1 Å². The molecule has 2 heteroatoms. The molecule has 2 unspecified atom stereocenters. The normalized spacial score (nSPS) is 16.2. The molecule has 0 fully saturated rings. The summed E-state index contributed by atoms with van der Waals surface area (Å²) in [6.45, 7) is 17.4. The molecule has 0 aromatic heterocycles. The minimum absolute atomic E-state index is 0.120. The van der Waals surface area contributed by atoms with Gasteiger partial charge in [0, 0.05) is 12.3 Å². The second-order valence-corrected chi connectivity index (χ2v) is 7.73. The van der Waals surface area contributed by atoms with Crippen LogP contribution in [0.4, 0.5) is 0 Å². The molecule has 0 bridgehead atoms. The Bertz CT molecular complexity index is 454. The topological polar surface area (TPSA) is 18.5 Å². The molecule has 1 rings (SSSR count). The Morgan fingerprint density at radius 1 is 0.870 bits per heavy atom. The number of rotatable bonds is 8. The van der Waals surface area contributed by atoms with Crippen LogP contribution in [0.15, 0.2) is 24.3 Å². The van der Waals surface area contributed by atoms with Crippen molar-refractivity contribution in [3.63, 3.8) is 0 Å². The minimum Gasteiger partial charge on any atom is -0.462 e. The van der Waals surface area contributed by atoms with Crippen LogP contribution in [0.3, 0.4) is 0 Å². The number of benzene rings is 1. The largest absolute Gasteiger partial charge is 0.462 e. The van der Waals surface area contributed by atoms with Crippen molar-refractivity contribution in [1.29, 1.82) is 0 Å². The highest BCUT2D eigenvalue weighted by molar-refractivity contribution is 5.29. The first-order valence-corrected chi connectivity index (χ1v) is 9.13. The van der Waals surface area contributed by atoms with E-state index in [2.05, 4.69) is 79.7 Å². The van der Waals surface area contributed by atoms with Gasteiger partial charge in [-0.1, -0.05) is 60.6 Å². The Morgan fingerprint density at radius 3 is 1.78 bits per heavy atom. The predicted octanol–water partition coefficient (Wildman–Crippen LogP) is 6.55. The summed E-state index contributed by atoms with van der Waals surface area (Å²) in [6.07, 6.45) is 3.37. The van der Waals surface area contributed by atoms with Gasteiger partial charge in [-0.3, -0.25) is 0 Å². The molecule has 0 aliphatic rings. The Hall–Kier alpha value is -1.02. The summed E-state index contributed by atoms with van der Waals surface area (Å²) in [5.41, 5.74) is 1.24. The molecule has 2 atom stereocenters. The molecule has 0 aliphatic carbocycles. The average molecular weight is 321 g/mol. The molecule has 0 saturated carbocycles. The third-order valence-electron chi connectivity index (χ3n) is 5.04. The van der Waals surface area contributed by atoms with Crippen LogP contribution >= 0.6 is 0 Å². The van der Waals surface area contributed by atoms with E-state index < -0.39 is 5.79 Å². The van der Waals surface area contributed by atoms with Crippen LogP contribution in [0.25, 0.3) is 0 Å². The molecule has 0 saturated heterocycles. The highest BCUT2D eigenvalue weighted by atomic mass is 16.7. The van der Waals surface area contributed by atoms with E-state index in [1.54, 1.807) is 0 Å². The molecule has 23 heavy (non-hydrogen) atoms. The lowest BCUT2D eigenvalue weighted by atomic mass is 9.86.